The number of carbonyl (C=O) groups is 1. The third-order valence-electron chi connectivity index (χ3n) is 4.42. The summed E-state index contributed by atoms with van der Waals surface area (Å²) in [5.41, 5.74) is 1.27. The summed E-state index contributed by atoms with van der Waals surface area (Å²) in [4.78, 5) is 12.6. The number of hydrogen-bond donors (Lipinski definition) is 1. The fourth-order valence-corrected chi connectivity index (χ4v) is 3.59. The van der Waals surface area contributed by atoms with Crippen LogP contribution in [-0.4, -0.2) is 12.5 Å². The summed E-state index contributed by atoms with van der Waals surface area (Å²) in [7, 11) is 0. The lowest BCUT2D eigenvalue weighted by Crippen LogP contribution is -2.13. The highest BCUT2D eigenvalue weighted by molar-refractivity contribution is 9.10. The minimum atomic E-state index is -0.565. The normalized spacial score (nSPS) is 10.9. The van der Waals surface area contributed by atoms with Gasteiger partial charge in [0.15, 0.2) is 11.5 Å². The van der Waals surface area contributed by atoms with Crippen LogP contribution in [0.15, 0.2) is 70.7 Å². The molecule has 3 aromatic carbocycles. The highest BCUT2D eigenvalue weighted by atomic mass is 79.9. The first kappa shape index (κ1) is 24.3. The van der Waals surface area contributed by atoms with Crippen molar-refractivity contribution in [3.05, 3.63) is 92.7 Å². The van der Waals surface area contributed by atoms with E-state index >= 15 is 0 Å². The highest BCUT2D eigenvalue weighted by Gasteiger charge is 2.15. The van der Waals surface area contributed by atoms with E-state index in [1.165, 1.54) is 12.1 Å². The summed E-state index contributed by atoms with van der Waals surface area (Å²) in [6.07, 6.45) is 1.41. The fourth-order valence-electron chi connectivity index (χ4n) is 2.92. The second kappa shape index (κ2) is 11.5. The molecule has 0 aliphatic rings. The van der Waals surface area contributed by atoms with E-state index in [1.54, 1.807) is 55.5 Å². The van der Waals surface area contributed by atoms with Crippen LogP contribution in [0.25, 0.3) is 6.08 Å². The number of nitriles is 1. The summed E-state index contributed by atoms with van der Waals surface area (Å²) >= 11 is 9.75. The van der Waals surface area contributed by atoms with Gasteiger partial charge in [-0.25, -0.2) is 4.39 Å². The van der Waals surface area contributed by atoms with Crippen LogP contribution in [-0.2, 0) is 11.4 Å². The number of rotatable bonds is 8. The molecule has 0 fully saturated rings. The van der Waals surface area contributed by atoms with Crippen molar-refractivity contribution in [3.63, 3.8) is 0 Å². The van der Waals surface area contributed by atoms with Crippen molar-refractivity contribution in [2.24, 2.45) is 0 Å². The van der Waals surface area contributed by atoms with E-state index in [0.29, 0.717) is 29.2 Å². The van der Waals surface area contributed by atoms with E-state index in [4.69, 9.17) is 21.1 Å². The standard InChI is InChI=1S/C25H19BrClFN2O3/c1-2-32-23-12-16(10-18(14-29)25(31)30-20-8-5-7-19(26)13-20)11-21(27)24(23)33-15-17-6-3-4-9-22(17)28/h3-13H,2,15H2,1H3,(H,30,31)/b18-10-. The molecule has 168 valence electrons. The van der Waals surface area contributed by atoms with Gasteiger partial charge in [-0.1, -0.05) is 51.8 Å². The Morgan fingerprint density at radius 3 is 2.67 bits per heavy atom. The summed E-state index contributed by atoms with van der Waals surface area (Å²) in [5.74, 6) is -0.390. The molecule has 1 N–H and O–H groups in total. The van der Waals surface area contributed by atoms with Crippen LogP contribution in [0.5, 0.6) is 11.5 Å². The van der Waals surface area contributed by atoms with E-state index in [2.05, 4.69) is 21.2 Å². The molecule has 0 saturated heterocycles. The zero-order valence-electron chi connectivity index (χ0n) is 17.6. The topological polar surface area (TPSA) is 71.3 Å². The molecule has 5 nitrogen and oxygen atoms in total. The average Bonchev–Trinajstić information content (AvgIpc) is 2.78. The van der Waals surface area contributed by atoms with Crippen LogP contribution < -0.4 is 14.8 Å². The van der Waals surface area contributed by atoms with Gasteiger partial charge in [0, 0.05) is 15.7 Å². The second-order valence-corrected chi connectivity index (χ2v) is 8.10. The van der Waals surface area contributed by atoms with Crippen LogP contribution in [0.2, 0.25) is 5.02 Å². The fraction of sp³-hybridized carbons (Fsp3) is 0.120. The number of hydrogen-bond acceptors (Lipinski definition) is 4. The molecule has 0 unspecified atom stereocenters. The minimum Gasteiger partial charge on any atom is -0.490 e. The predicted molar refractivity (Wildman–Crippen MR) is 130 cm³/mol. The van der Waals surface area contributed by atoms with Crippen LogP contribution in [0, 0.1) is 17.1 Å². The molecule has 8 heteroatoms. The summed E-state index contributed by atoms with van der Waals surface area (Å²) in [6.45, 7) is 2.08. The maximum atomic E-state index is 13.9. The Kier molecular flexibility index (Phi) is 8.47. The quantitative estimate of drug-likeness (QED) is 0.258. The Morgan fingerprint density at radius 1 is 1.18 bits per heavy atom. The smallest absolute Gasteiger partial charge is 0.266 e. The first-order valence-corrected chi connectivity index (χ1v) is 11.1. The number of nitrogens with one attached hydrogen (secondary N) is 1. The first-order valence-electron chi connectivity index (χ1n) is 9.92. The molecule has 0 radical (unpaired) electrons. The number of benzene rings is 3. The van der Waals surface area contributed by atoms with Gasteiger partial charge in [0.2, 0.25) is 0 Å². The molecule has 0 atom stereocenters. The molecule has 0 saturated carbocycles. The first-order chi connectivity index (χ1) is 15.9. The molecule has 1 amide bonds. The van der Waals surface area contributed by atoms with Gasteiger partial charge in [-0.15, -0.1) is 0 Å². The van der Waals surface area contributed by atoms with Crippen LogP contribution in [0.4, 0.5) is 10.1 Å². The number of amides is 1. The molecule has 0 bridgehead atoms. The molecular weight excluding hydrogens is 511 g/mol. The Labute approximate surface area is 204 Å². The van der Waals surface area contributed by atoms with Gasteiger partial charge in [-0.3, -0.25) is 4.79 Å². The van der Waals surface area contributed by atoms with Gasteiger partial charge in [-0.05, 0) is 55.0 Å². The lowest BCUT2D eigenvalue weighted by molar-refractivity contribution is -0.112. The Morgan fingerprint density at radius 2 is 1.97 bits per heavy atom. The third-order valence-corrected chi connectivity index (χ3v) is 5.19. The molecule has 0 aliphatic heterocycles. The number of nitrogens with zero attached hydrogens (tertiary/aromatic N) is 1. The van der Waals surface area contributed by atoms with Gasteiger partial charge in [0.05, 0.1) is 11.6 Å². The maximum absolute atomic E-state index is 13.9. The minimum absolute atomic E-state index is 0.0415. The lowest BCUT2D eigenvalue weighted by atomic mass is 10.1. The Hall–Kier alpha value is -3.34. The van der Waals surface area contributed by atoms with E-state index in [-0.39, 0.29) is 28.8 Å². The van der Waals surface area contributed by atoms with Crippen molar-refractivity contribution < 1.29 is 18.7 Å². The highest BCUT2D eigenvalue weighted by Crippen LogP contribution is 2.38. The van der Waals surface area contributed by atoms with Crippen LogP contribution in [0.3, 0.4) is 0 Å². The van der Waals surface area contributed by atoms with Gasteiger partial charge >= 0.3 is 0 Å². The zero-order valence-corrected chi connectivity index (χ0v) is 19.9. The van der Waals surface area contributed by atoms with Crippen molar-refractivity contribution in [2.75, 3.05) is 11.9 Å². The Balaban J connectivity index is 1.86. The van der Waals surface area contributed by atoms with Crippen molar-refractivity contribution in [2.45, 2.75) is 13.5 Å². The van der Waals surface area contributed by atoms with Gasteiger partial charge in [-0.2, -0.15) is 5.26 Å². The van der Waals surface area contributed by atoms with Gasteiger partial charge < -0.3 is 14.8 Å². The third kappa shape index (κ3) is 6.58. The predicted octanol–water partition coefficient (Wildman–Crippen LogP) is 6.76. The molecule has 3 aromatic rings. The number of carbonyl (C=O) groups excluding carboxylic acids is 1. The zero-order chi connectivity index (χ0) is 23.8. The van der Waals surface area contributed by atoms with E-state index in [0.717, 1.165) is 4.47 Å². The van der Waals surface area contributed by atoms with Crippen LogP contribution >= 0.6 is 27.5 Å². The maximum Gasteiger partial charge on any atom is 0.266 e. The van der Waals surface area contributed by atoms with E-state index < -0.39 is 5.91 Å². The molecular formula is C25H19BrClFN2O3. The number of halogens is 3. The molecule has 0 heterocycles. The van der Waals surface area contributed by atoms with E-state index in [1.807, 2.05) is 12.1 Å². The van der Waals surface area contributed by atoms with E-state index in [9.17, 15) is 14.4 Å². The molecule has 0 aliphatic carbocycles. The van der Waals surface area contributed by atoms with Crippen molar-refractivity contribution in [1.29, 1.82) is 5.26 Å². The summed E-state index contributed by atoms with van der Waals surface area (Å²) < 4.78 is 26.1. The van der Waals surface area contributed by atoms with Crippen LogP contribution in [0.1, 0.15) is 18.1 Å². The lowest BCUT2D eigenvalue weighted by Gasteiger charge is -2.15. The van der Waals surface area contributed by atoms with Gasteiger partial charge in [0.25, 0.3) is 5.91 Å². The Bertz CT molecular complexity index is 1240. The largest absolute Gasteiger partial charge is 0.490 e. The number of anilines is 1. The average molecular weight is 530 g/mol. The SMILES string of the molecule is CCOc1cc(/C=C(/C#N)C(=O)Nc2cccc(Br)c2)cc(Cl)c1OCc1ccccc1F. The van der Waals surface area contributed by atoms with Crippen molar-refractivity contribution >= 4 is 45.2 Å². The molecule has 0 spiro atoms. The number of ether oxygens (including phenoxy) is 2. The van der Waals surface area contributed by atoms with Gasteiger partial charge in [0.1, 0.15) is 24.1 Å². The van der Waals surface area contributed by atoms with Crippen molar-refractivity contribution in [1.82, 2.24) is 0 Å². The monoisotopic (exact) mass is 528 g/mol. The second-order valence-electron chi connectivity index (χ2n) is 6.78. The summed E-state index contributed by atoms with van der Waals surface area (Å²) in [6, 6.07) is 18.3. The molecule has 33 heavy (non-hydrogen) atoms. The van der Waals surface area contributed by atoms with Crippen molar-refractivity contribution in [3.8, 4) is 17.6 Å². The molecule has 3 rings (SSSR count). The summed E-state index contributed by atoms with van der Waals surface area (Å²) in [5, 5.41) is 12.4. The molecule has 0 aromatic heterocycles.